The van der Waals surface area contributed by atoms with Gasteiger partial charge in [0.25, 0.3) is 0 Å². The molecule has 0 spiro atoms. The van der Waals surface area contributed by atoms with Crippen LogP contribution in [0, 0.1) is 0 Å². The Balaban J connectivity index is 1.84. The zero-order valence-electron chi connectivity index (χ0n) is 11.7. The number of hydrogen-bond acceptors (Lipinski definition) is 3. The van der Waals surface area contributed by atoms with E-state index in [1.54, 1.807) is 17.4 Å². The molecule has 0 saturated carbocycles. The minimum absolute atomic E-state index is 0.0740. The molecule has 2 aromatic rings. The van der Waals surface area contributed by atoms with Crippen LogP contribution in [0.3, 0.4) is 0 Å². The summed E-state index contributed by atoms with van der Waals surface area (Å²) in [5.74, 6) is -0.0740. The number of hydrogen-bond donors (Lipinski definition) is 1. The second-order valence-electron chi connectivity index (χ2n) is 4.63. The molecule has 0 unspecified atom stereocenters. The standard InChI is InChI=1S/C16H18N2OS/c1-18(2)14-7-5-13(6-8-14)12-17-16(19)10-9-15-4-3-11-20-15/h3-11H,12H2,1-2H3,(H,17,19)/b10-9+. The van der Waals surface area contributed by atoms with Gasteiger partial charge in [0.2, 0.25) is 5.91 Å². The predicted molar refractivity (Wildman–Crippen MR) is 86.0 cm³/mol. The Morgan fingerprint density at radius 2 is 2.00 bits per heavy atom. The van der Waals surface area contributed by atoms with Gasteiger partial charge in [0.15, 0.2) is 0 Å². The van der Waals surface area contributed by atoms with Crippen molar-refractivity contribution >= 4 is 29.0 Å². The highest BCUT2D eigenvalue weighted by molar-refractivity contribution is 7.10. The topological polar surface area (TPSA) is 32.3 Å². The van der Waals surface area contributed by atoms with Crippen LogP contribution >= 0.6 is 11.3 Å². The van der Waals surface area contributed by atoms with E-state index in [9.17, 15) is 4.79 Å². The number of benzene rings is 1. The second-order valence-corrected chi connectivity index (χ2v) is 5.61. The van der Waals surface area contributed by atoms with Crippen LogP contribution in [-0.4, -0.2) is 20.0 Å². The van der Waals surface area contributed by atoms with E-state index in [2.05, 4.69) is 5.32 Å². The Labute approximate surface area is 123 Å². The van der Waals surface area contributed by atoms with Crippen molar-refractivity contribution in [2.75, 3.05) is 19.0 Å². The Kier molecular flexibility index (Phi) is 4.96. The molecule has 1 amide bonds. The molecule has 0 atom stereocenters. The Morgan fingerprint density at radius 1 is 1.25 bits per heavy atom. The van der Waals surface area contributed by atoms with Crippen molar-refractivity contribution in [1.82, 2.24) is 5.32 Å². The first-order valence-corrected chi connectivity index (χ1v) is 7.29. The average molecular weight is 286 g/mol. The highest BCUT2D eigenvalue weighted by atomic mass is 32.1. The highest BCUT2D eigenvalue weighted by Crippen LogP contribution is 2.12. The number of carbonyl (C=O) groups excluding carboxylic acids is 1. The third-order valence-corrected chi connectivity index (χ3v) is 3.70. The van der Waals surface area contributed by atoms with Gasteiger partial charge in [-0.05, 0) is 35.2 Å². The van der Waals surface area contributed by atoms with Crippen LogP contribution in [0.4, 0.5) is 5.69 Å². The van der Waals surface area contributed by atoms with Crippen molar-refractivity contribution < 1.29 is 4.79 Å². The van der Waals surface area contributed by atoms with Gasteiger partial charge in [-0.25, -0.2) is 0 Å². The lowest BCUT2D eigenvalue weighted by atomic mass is 10.2. The van der Waals surface area contributed by atoms with E-state index in [0.29, 0.717) is 6.54 Å². The van der Waals surface area contributed by atoms with E-state index in [1.807, 2.05) is 66.8 Å². The average Bonchev–Trinajstić information content (AvgIpc) is 2.96. The first-order valence-electron chi connectivity index (χ1n) is 6.41. The molecule has 2 rings (SSSR count). The van der Waals surface area contributed by atoms with E-state index < -0.39 is 0 Å². The first-order chi connectivity index (χ1) is 9.65. The highest BCUT2D eigenvalue weighted by Gasteiger charge is 1.99. The van der Waals surface area contributed by atoms with Crippen LogP contribution in [0.15, 0.2) is 47.9 Å². The number of thiophene rings is 1. The minimum atomic E-state index is -0.0740. The Hall–Kier alpha value is -2.07. The summed E-state index contributed by atoms with van der Waals surface area (Å²) in [6, 6.07) is 12.1. The van der Waals surface area contributed by atoms with E-state index in [0.717, 1.165) is 16.1 Å². The summed E-state index contributed by atoms with van der Waals surface area (Å²) in [5.41, 5.74) is 2.24. The maximum Gasteiger partial charge on any atom is 0.244 e. The molecule has 0 bridgehead atoms. The summed E-state index contributed by atoms with van der Waals surface area (Å²) < 4.78 is 0. The fourth-order valence-electron chi connectivity index (χ4n) is 1.70. The fraction of sp³-hybridized carbons (Fsp3) is 0.188. The van der Waals surface area contributed by atoms with Crippen LogP contribution in [-0.2, 0) is 11.3 Å². The monoisotopic (exact) mass is 286 g/mol. The van der Waals surface area contributed by atoms with Gasteiger partial charge < -0.3 is 10.2 Å². The SMILES string of the molecule is CN(C)c1ccc(CNC(=O)/C=C/c2cccs2)cc1. The minimum Gasteiger partial charge on any atom is -0.378 e. The molecule has 0 aliphatic heterocycles. The number of anilines is 1. The van der Waals surface area contributed by atoms with Gasteiger partial charge in [-0.15, -0.1) is 11.3 Å². The van der Waals surface area contributed by atoms with Gasteiger partial charge in [0.05, 0.1) is 0 Å². The molecule has 0 aliphatic carbocycles. The third kappa shape index (κ3) is 4.24. The molecule has 0 aliphatic rings. The van der Waals surface area contributed by atoms with Crippen molar-refractivity contribution in [3.8, 4) is 0 Å². The smallest absolute Gasteiger partial charge is 0.244 e. The van der Waals surface area contributed by atoms with Crippen molar-refractivity contribution in [1.29, 1.82) is 0 Å². The molecule has 104 valence electrons. The largest absolute Gasteiger partial charge is 0.378 e. The normalized spacial score (nSPS) is 10.7. The first kappa shape index (κ1) is 14.3. The molecular weight excluding hydrogens is 268 g/mol. The Morgan fingerprint density at radius 3 is 2.60 bits per heavy atom. The lowest BCUT2D eigenvalue weighted by Gasteiger charge is -2.12. The van der Waals surface area contributed by atoms with Crippen LogP contribution < -0.4 is 10.2 Å². The number of rotatable bonds is 5. The predicted octanol–water partition coefficient (Wildman–Crippen LogP) is 3.14. The van der Waals surface area contributed by atoms with Crippen LogP contribution in [0.25, 0.3) is 6.08 Å². The van der Waals surface area contributed by atoms with E-state index in [1.165, 1.54) is 0 Å². The summed E-state index contributed by atoms with van der Waals surface area (Å²) >= 11 is 1.61. The van der Waals surface area contributed by atoms with Gasteiger partial charge in [-0.1, -0.05) is 18.2 Å². The molecule has 0 fully saturated rings. The molecule has 4 heteroatoms. The summed E-state index contributed by atoms with van der Waals surface area (Å²) in [6.45, 7) is 0.543. The van der Waals surface area contributed by atoms with Crippen LogP contribution in [0.1, 0.15) is 10.4 Å². The molecular formula is C16H18N2OS. The van der Waals surface area contributed by atoms with E-state index in [-0.39, 0.29) is 5.91 Å². The van der Waals surface area contributed by atoms with Crippen LogP contribution in [0.5, 0.6) is 0 Å². The molecule has 0 saturated heterocycles. The molecule has 3 nitrogen and oxygen atoms in total. The van der Waals surface area contributed by atoms with Crippen molar-refractivity contribution in [3.63, 3.8) is 0 Å². The summed E-state index contributed by atoms with van der Waals surface area (Å²) in [7, 11) is 4.01. The van der Waals surface area contributed by atoms with Crippen molar-refractivity contribution in [2.45, 2.75) is 6.54 Å². The van der Waals surface area contributed by atoms with Gasteiger partial charge in [0.1, 0.15) is 0 Å². The van der Waals surface area contributed by atoms with Crippen LogP contribution in [0.2, 0.25) is 0 Å². The zero-order chi connectivity index (χ0) is 14.4. The van der Waals surface area contributed by atoms with Gasteiger partial charge in [0, 0.05) is 37.3 Å². The molecule has 1 aromatic carbocycles. The molecule has 1 heterocycles. The van der Waals surface area contributed by atoms with Gasteiger partial charge >= 0.3 is 0 Å². The lowest BCUT2D eigenvalue weighted by molar-refractivity contribution is -0.116. The Bertz CT molecular complexity index is 571. The maximum atomic E-state index is 11.7. The number of carbonyl (C=O) groups is 1. The molecule has 1 N–H and O–H groups in total. The van der Waals surface area contributed by atoms with E-state index >= 15 is 0 Å². The fourth-order valence-corrected chi connectivity index (χ4v) is 2.32. The van der Waals surface area contributed by atoms with E-state index in [4.69, 9.17) is 0 Å². The number of nitrogens with one attached hydrogen (secondary N) is 1. The molecule has 1 aromatic heterocycles. The number of nitrogens with zero attached hydrogens (tertiary/aromatic N) is 1. The summed E-state index contributed by atoms with van der Waals surface area (Å²) in [4.78, 5) is 14.8. The summed E-state index contributed by atoms with van der Waals surface area (Å²) in [5, 5.41) is 4.87. The van der Waals surface area contributed by atoms with Crippen molar-refractivity contribution in [3.05, 3.63) is 58.3 Å². The zero-order valence-corrected chi connectivity index (χ0v) is 12.5. The van der Waals surface area contributed by atoms with Gasteiger partial charge in [-0.3, -0.25) is 4.79 Å². The quantitative estimate of drug-likeness (QED) is 0.856. The third-order valence-electron chi connectivity index (χ3n) is 2.86. The lowest BCUT2D eigenvalue weighted by Crippen LogP contribution is -2.20. The van der Waals surface area contributed by atoms with Crippen molar-refractivity contribution in [2.24, 2.45) is 0 Å². The maximum absolute atomic E-state index is 11.7. The number of amides is 1. The molecule has 0 radical (unpaired) electrons. The summed E-state index contributed by atoms with van der Waals surface area (Å²) in [6.07, 6.45) is 3.40. The molecule has 20 heavy (non-hydrogen) atoms. The van der Waals surface area contributed by atoms with Gasteiger partial charge in [-0.2, -0.15) is 0 Å². The second kappa shape index (κ2) is 6.91.